The monoisotopic (exact) mass is 282 g/mol. The highest BCUT2D eigenvalue weighted by Crippen LogP contribution is 2.19. The molecule has 0 aliphatic carbocycles. The lowest BCUT2D eigenvalue weighted by Gasteiger charge is -2.23. The van der Waals surface area contributed by atoms with Crippen LogP contribution in [0.4, 0.5) is 0 Å². The summed E-state index contributed by atoms with van der Waals surface area (Å²) in [5.41, 5.74) is 0. The Morgan fingerprint density at radius 3 is 2.20 bits per heavy atom. The molecular formula is C17H34N2O. The normalized spacial score (nSPS) is 22.8. The van der Waals surface area contributed by atoms with Gasteiger partial charge in [0, 0.05) is 6.54 Å². The van der Waals surface area contributed by atoms with E-state index in [-0.39, 0.29) is 6.04 Å². The molecule has 3 nitrogen and oxygen atoms in total. The maximum Gasteiger partial charge on any atom is 0.241 e. The van der Waals surface area contributed by atoms with Gasteiger partial charge in [-0.1, -0.05) is 65.7 Å². The fourth-order valence-corrected chi connectivity index (χ4v) is 3.08. The van der Waals surface area contributed by atoms with Crippen molar-refractivity contribution in [2.24, 2.45) is 0 Å². The molecule has 20 heavy (non-hydrogen) atoms. The Balaban J connectivity index is 2.33. The van der Waals surface area contributed by atoms with Crippen LogP contribution in [0.15, 0.2) is 0 Å². The summed E-state index contributed by atoms with van der Waals surface area (Å²) in [5.74, 6) is 0.346. The summed E-state index contributed by atoms with van der Waals surface area (Å²) in [6.07, 6.45) is 12.3. The van der Waals surface area contributed by atoms with Crippen LogP contribution in [-0.4, -0.2) is 29.6 Å². The summed E-state index contributed by atoms with van der Waals surface area (Å²) in [6.45, 7) is 7.54. The van der Waals surface area contributed by atoms with Gasteiger partial charge >= 0.3 is 0 Å². The van der Waals surface area contributed by atoms with Crippen LogP contribution in [-0.2, 0) is 4.79 Å². The van der Waals surface area contributed by atoms with Crippen molar-refractivity contribution in [3.05, 3.63) is 0 Å². The number of nitrogens with one attached hydrogen (secondary N) is 1. The van der Waals surface area contributed by atoms with E-state index in [9.17, 15) is 4.79 Å². The number of carbonyl (C=O) groups is 1. The molecule has 0 aromatic carbocycles. The Morgan fingerprint density at radius 1 is 0.900 bits per heavy atom. The van der Waals surface area contributed by atoms with Crippen LogP contribution in [0, 0.1) is 0 Å². The molecule has 1 N–H and O–H groups in total. The molecule has 118 valence electrons. The van der Waals surface area contributed by atoms with E-state index in [1.165, 1.54) is 32.1 Å². The highest BCUT2D eigenvalue weighted by molar-refractivity contribution is 5.84. The van der Waals surface area contributed by atoms with Crippen molar-refractivity contribution in [2.45, 2.75) is 97.2 Å². The second-order valence-corrected chi connectivity index (χ2v) is 6.11. The zero-order valence-corrected chi connectivity index (χ0v) is 13.8. The molecule has 1 aliphatic heterocycles. The first kappa shape index (κ1) is 17.5. The van der Waals surface area contributed by atoms with E-state index in [0.29, 0.717) is 12.1 Å². The van der Waals surface area contributed by atoms with Gasteiger partial charge < -0.3 is 4.90 Å². The first-order valence-electron chi connectivity index (χ1n) is 8.81. The lowest BCUT2D eigenvalue weighted by molar-refractivity contribution is -0.130. The molecule has 0 aromatic heterocycles. The van der Waals surface area contributed by atoms with Crippen molar-refractivity contribution in [1.82, 2.24) is 10.2 Å². The maximum atomic E-state index is 12.4. The van der Waals surface area contributed by atoms with Gasteiger partial charge in [0.15, 0.2) is 0 Å². The van der Waals surface area contributed by atoms with E-state index in [2.05, 4.69) is 31.0 Å². The lowest BCUT2D eigenvalue weighted by Crippen LogP contribution is -2.37. The number of amides is 1. The highest BCUT2D eigenvalue weighted by atomic mass is 16.2. The van der Waals surface area contributed by atoms with E-state index in [4.69, 9.17) is 0 Å². The molecule has 0 spiro atoms. The minimum atomic E-state index is 0.0802. The largest absolute Gasteiger partial charge is 0.326 e. The first-order chi connectivity index (χ1) is 9.74. The van der Waals surface area contributed by atoms with Crippen molar-refractivity contribution >= 4 is 5.91 Å². The zero-order valence-electron chi connectivity index (χ0n) is 13.8. The molecule has 0 radical (unpaired) electrons. The van der Waals surface area contributed by atoms with Crippen molar-refractivity contribution in [3.8, 4) is 0 Å². The first-order valence-corrected chi connectivity index (χ1v) is 8.81. The summed E-state index contributed by atoms with van der Waals surface area (Å²) < 4.78 is 0. The molecule has 3 heteroatoms. The molecule has 1 heterocycles. The van der Waals surface area contributed by atoms with E-state index in [0.717, 1.165) is 38.6 Å². The Kier molecular flexibility index (Phi) is 8.92. The second kappa shape index (κ2) is 10.2. The summed E-state index contributed by atoms with van der Waals surface area (Å²) in [7, 11) is 0. The summed E-state index contributed by atoms with van der Waals surface area (Å²) in [4.78, 5) is 14.5. The Bertz CT molecular complexity index is 268. The molecule has 1 amide bonds. The molecule has 1 saturated heterocycles. The van der Waals surface area contributed by atoms with E-state index < -0.39 is 0 Å². The second-order valence-electron chi connectivity index (χ2n) is 6.11. The fraction of sp³-hybridized carbons (Fsp3) is 0.941. The fourth-order valence-electron chi connectivity index (χ4n) is 3.08. The third kappa shape index (κ3) is 5.43. The molecule has 0 saturated carbocycles. The van der Waals surface area contributed by atoms with Gasteiger partial charge in [-0.2, -0.15) is 0 Å². The van der Waals surface area contributed by atoms with Gasteiger partial charge in [0.1, 0.15) is 0 Å². The number of hydrogen-bond acceptors (Lipinski definition) is 2. The average Bonchev–Trinajstić information content (AvgIpc) is 2.72. The number of unbranched alkanes of at least 4 members (excludes halogenated alkanes) is 5. The number of hydrogen-bond donors (Lipinski definition) is 1. The molecule has 0 aromatic rings. The summed E-state index contributed by atoms with van der Waals surface area (Å²) in [6, 6.07) is 0.0802. The molecular weight excluding hydrogens is 248 g/mol. The van der Waals surface area contributed by atoms with E-state index in [1.54, 1.807) is 0 Å². The molecule has 1 rings (SSSR count). The maximum absolute atomic E-state index is 12.4. The average molecular weight is 282 g/mol. The minimum absolute atomic E-state index is 0.0802. The number of carbonyl (C=O) groups excluding carboxylic acids is 1. The summed E-state index contributed by atoms with van der Waals surface area (Å²) in [5, 5.41) is 3.53. The standard InChI is InChI=1S/C17H34N2O/c1-4-7-8-9-10-11-14-19-16(13-6-3)18-15(12-5-2)17(19)20/h15-16,18H,4-14H2,1-3H3. The van der Waals surface area contributed by atoms with Gasteiger partial charge in [-0.05, 0) is 19.3 Å². The SMILES string of the molecule is CCCCCCCCN1C(=O)C(CCC)NC1CCC. The molecule has 2 atom stereocenters. The molecule has 2 unspecified atom stereocenters. The van der Waals surface area contributed by atoms with E-state index in [1.807, 2.05) is 0 Å². The Morgan fingerprint density at radius 2 is 1.55 bits per heavy atom. The van der Waals surface area contributed by atoms with Crippen molar-refractivity contribution in [2.75, 3.05) is 6.54 Å². The number of nitrogens with zero attached hydrogens (tertiary/aromatic N) is 1. The van der Waals surface area contributed by atoms with Crippen LogP contribution >= 0.6 is 0 Å². The van der Waals surface area contributed by atoms with Crippen LogP contribution in [0.5, 0.6) is 0 Å². The van der Waals surface area contributed by atoms with Gasteiger partial charge in [0.2, 0.25) is 5.91 Å². The number of rotatable bonds is 11. The summed E-state index contributed by atoms with van der Waals surface area (Å²) >= 11 is 0. The third-order valence-corrected chi connectivity index (χ3v) is 4.24. The van der Waals surface area contributed by atoms with Crippen LogP contribution < -0.4 is 5.32 Å². The van der Waals surface area contributed by atoms with Crippen LogP contribution in [0.3, 0.4) is 0 Å². The lowest BCUT2D eigenvalue weighted by atomic mass is 10.1. The smallest absolute Gasteiger partial charge is 0.241 e. The topological polar surface area (TPSA) is 32.3 Å². The molecule has 0 bridgehead atoms. The van der Waals surface area contributed by atoms with Crippen molar-refractivity contribution in [1.29, 1.82) is 0 Å². The predicted molar refractivity (Wildman–Crippen MR) is 85.6 cm³/mol. The highest BCUT2D eigenvalue weighted by Gasteiger charge is 2.36. The zero-order chi connectivity index (χ0) is 14.8. The van der Waals surface area contributed by atoms with E-state index >= 15 is 0 Å². The Labute approximate surface area is 125 Å². The van der Waals surface area contributed by atoms with Gasteiger partial charge in [-0.3, -0.25) is 10.1 Å². The Hall–Kier alpha value is -0.570. The van der Waals surface area contributed by atoms with Crippen LogP contribution in [0.2, 0.25) is 0 Å². The third-order valence-electron chi connectivity index (χ3n) is 4.24. The van der Waals surface area contributed by atoms with Gasteiger partial charge in [0.25, 0.3) is 0 Å². The molecule has 1 aliphatic rings. The predicted octanol–water partition coefficient (Wildman–Crippen LogP) is 4.07. The van der Waals surface area contributed by atoms with Crippen molar-refractivity contribution < 1.29 is 4.79 Å². The van der Waals surface area contributed by atoms with Gasteiger partial charge in [-0.15, -0.1) is 0 Å². The minimum Gasteiger partial charge on any atom is -0.326 e. The van der Waals surface area contributed by atoms with Crippen LogP contribution in [0.1, 0.15) is 85.0 Å². The van der Waals surface area contributed by atoms with Gasteiger partial charge in [-0.25, -0.2) is 0 Å². The quantitative estimate of drug-likeness (QED) is 0.579. The van der Waals surface area contributed by atoms with Crippen molar-refractivity contribution in [3.63, 3.8) is 0 Å². The molecule has 1 fully saturated rings. The van der Waals surface area contributed by atoms with Crippen LogP contribution in [0.25, 0.3) is 0 Å². The van der Waals surface area contributed by atoms with Gasteiger partial charge in [0.05, 0.1) is 12.2 Å².